The van der Waals surface area contributed by atoms with Gasteiger partial charge >= 0.3 is 0 Å². The molecule has 8 rings (SSSR count). The minimum Gasteiger partial charge on any atom is -0.484 e. The number of amides is 1. The summed E-state index contributed by atoms with van der Waals surface area (Å²) in [7, 11) is 0. The van der Waals surface area contributed by atoms with Gasteiger partial charge < -0.3 is 19.4 Å². The second kappa shape index (κ2) is 7.66. The Morgan fingerprint density at radius 3 is 2.38 bits per heavy atom. The number of carbonyl (C=O) groups excluding carboxylic acids is 1. The number of fused-ring (bicyclic) bond motifs is 1. The normalized spacial score (nSPS) is 31.1. The highest BCUT2D eigenvalue weighted by atomic mass is 19.1. The molecule has 3 unspecified atom stereocenters. The van der Waals surface area contributed by atoms with Crippen molar-refractivity contribution in [3.8, 4) is 5.75 Å². The van der Waals surface area contributed by atoms with E-state index in [0.29, 0.717) is 30.2 Å². The van der Waals surface area contributed by atoms with Crippen LogP contribution in [0.2, 0.25) is 0 Å². The number of nitrogens with one attached hydrogen (secondary N) is 1. The van der Waals surface area contributed by atoms with Crippen LogP contribution in [0.15, 0.2) is 16.5 Å². The van der Waals surface area contributed by atoms with Crippen molar-refractivity contribution in [2.45, 2.75) is 44.8 Å². The predicted octanol–water partition coefficient (Wildman–Crippen LogP) is 4.04. The predicted molar refractivity (Wildman–Crippen MR) is 120 cm³/mol. The topological polar surface area (TPSA) is 70.8 Å². The molecule has 34 heavy (non-hydrogen) atoms. The van der Waals surface area contributed by atoms with E-state index in [-0.39, 0.29) is 23.2 Å². The molecule has 2 aliphatic heterocycles. The summed E-state index contributed by atoms with van der Waals surface area (Å²) in [5, 5.41) is 2.62. The first-order chi connectivity index (χ1) is 16.6. The Labute approximate surface area is 196 Å². The number of benzene rings is 1. The van der Waals surface area contributed by atoms with Gasteiger partial charge in [-0.05, 0) is 62.9 Å². The molecule has 1 aromatic heterocycles. The SMILES string of the molecule is O=C(Nc1cc(F)c(OC2CC3C4C2C34)c(F)c1)c1nc(N2CCCC2)oc1CN1CCCC1. The van der Waals surface area contributed by atoms with E-state index in [0.717, 1.165) is 82.3 Å². The van der Waals surface area contributed by atoms with Crippen molar-refractivity contribution < 1.29 is 22.7 Å². The van der Waals surface area contributed by atoms with Gasteiger partial charge in [0.15, 0.2) is 28.8 Å². The molecule has 180 valence electrons. The van der Waals surface area contributed by atoms with Gasteiger partial charge in [-0.2, -0.15) is 4.98 Å². The van der Waals surface area contributed by atoms with Crippen LogP contribution in [0.3, 0.4) is 0 Å². The minimum atomic E-state index is -0.801. The molecular formula is C25H28F2N4O3. The second-order valence-corrected chi connectivity index (χ2v) is 10.5. The van der Waals surface area contributed by atoms with Gasteiger partial charge in [-0.1, -0.05) is 0 Å². The van der Waals surface area contributed by atoms with Crippen LogP contribution in [0.25, 0.3) is 0 Å². The van der Waals surface area contributed by atoms with Crippen LogP contribution in [0, 0.1) is 35.3 Å². The Balaban J connectivity index is 1.10. The van der Waals surface area contributed by atoms with Crippen LogP contribution < -0.4 is 15.0 Å². The van der Waals surface area contributed by atoms with Crippen LogP contribution in [0.1, 0.15) is 48.4 Å². The fraction of sp³-hybridized carbons (Fsp3) is 0.600. The lowest BCUT2D eigenvalue weighted by atomic mass is 10.2. The van der Waals surface area contributed by atoms with Crippen molar-refractivity contribution in [3.05, 3.63) is 35.2 Å². The maximum absolute atomic E-state index is 14.8. The van der Waals surface area contributed by atoms with Gasteiger partial charge in [0, 0.05) is 36.8 Å². The highest BCUT2D eigenvalue weighted by Gasteiger charge is 2.81. The van der Waals surface area contributed by atoms with Crippen molar-refractivity contribution in [2.75, 3.05) is 36.4 Å². The van der Waals surface area contributed by atoms with Gasteiger partial charge in [0.1, 0.15) is 6.10 Å². The molecule has 0 radical (unpaired) electrons. The van der Waals surface area contributed by atoms with E-state index in [1.807, 2.05) is 4.90 Å². The average Bonchev–Trinajstić information content (AvgIpc) is 3.33. The van der Waals surface area contributed by atoms with Crippen LogP contribution >= 0.6 is 0 Å². The number of rotatable bonds is 7. The molecule has 6 fully saturated rings. The summed E-state index contributed by atoms with van der Waals surface area (Å²) in [6, 6.07) is 2.67. The number of nitrogens with zero attached hydrogens (tertiary/aromatic N) is 3. The zero-order valence-corrected chi connectivity index (χ0v) is 18.9. The molecule has 6 aliphatic rings. The Hall–Kier alpha value is -2.68. The molecule has 3 atom stereocenters. The first-order valence-electron chi connectivity index (χ1n) is 12.5. The summed E-state index contributed by atoms with van der Waals surface area (Å²) in [4.78, 5) is 21.9. The molecule has 9 heteroatoms. The van der Waals surface area contributed by atoms with Crippen molar-refractivity contribution in [2.24, 2.45) is 23.7 Å². The number of ether oxygens (including phenoxy) is 1. The van der Waals surface area contributed by atoms with Gasteiger partial charge in [0.2, 0.25) is 0 Å². The number of aromatic nitrogens is 1. The fourth-order valence-corrected chi connectivity index (χ4v) is 6.50. The van der Waals surface area contributed by atoms with E-state index in [1.54, 1.807) is 0 Å². The van der Waals surface area contributed by atoms with Crippen molar-refractivity contribution >= 4 is 17.6 Å². The monoisotopic (exact) mass is 470 g/mol. The Bertz CT molecular complexity index is 1100. The molecule has 4 aliphatic carbocycles. The lowest BCUT2D eigenvalue weighted by molar-refractivity contribution is 0.101. The molecule has 1 amide bonds. The first-order valence-corrected chi connectivity index (χ1v) is 12.5. The number of hydrogen-bond acceptors (Lipinski definition) is 6. The van der Waals surface area contributed by atoms with Gasteiger partial charge in [-0.3, -0.25) is 9.69 Å². The largest absolute Gasteiger partial charge is 0.484 e. The number of oxazole rings is 1. The minimum absolute atomic E-state index is 0.0338. The fourth-order valence-electron chi connectivity index (χ4n) is 6.50. The van der Waals surface area contributed by atoms with E-state index in [1.165, 1.54) is 0 Å². The Kier molecular flexibility index (Phi) is 4.66. The summed E-state index contributed by atoms with van der Waals surface area (Å²) in [6.45, 7) is 4.07. The first kappa shape index (κ1) is 20.7. The molecule has 0 spiro atoms. The molecule has 1 aromatic carbocycles. The molecule has 1 N–H and O–H groups in total. The third kappa shape index (κ3) is 3.39. The zero-order chi connectivity index (χ0) is 23.0. The highest BCUT2D eigenvalue weighted by Crippen LogP contribution is 2.82. The maximum Gasteiger partial charge on any atom is 0.298 e. The molecule has 4 saturated carbocycles. The third-order valence-corrected chi connectivity index (χ3v) is 8.34. The summed E-state index contributed by atoms with van der Waals surface area (Å²) in [5.74, 6) is 0.670. The number of likely N-dealkylation sites (tertiary alicyclic amines) is 1. The standard InChI is InChI=1S/C25H28F2N4O3/c26-15-9-13(10-16(27)23(15)33-17-11-14-19-20(14)21(17)19)28-24(32)22-18(12-30-5-1-2-6-30)34-25(29-22)31-7-3-4-8-31/h9-10,14,17,19-21H,1-8,11-12H2,(H,28,32). The lowest BCUT2D eigenvalue weighted by Crippen LogP contribution is -2.21. The molecule has 3 heterocycles. The number of anilines is 2. The van der Waals surface area contributed by atoms with Crippen LogP contribution in [-0.4, -0.2) is 48.1 Å². The van der Waals surface area contributed by atoms with Gasteiger partial charge in [0.05, 0.1) is 6.54 Å². The molecule has 7 nitrogen and oxygen atoms in total. The lowest BCUT2D eigenvalue weighted by Gasteiger charge is -2.16. The van der Waals surface area contributed by atoms with Crippen molar-refractivity contribution in [3.63, 3.8) is 0 Å². The van der Waals surface area contributed by atoms with Gasteiger partial charge in [-0.25, -0.2) is 8.78 Å². The number of halogens is 2. The summed E-state index contributed by atoms with van der Waals surface area (Å²) in [6.07, 6.45) is 5.15. The third-order valence-electron chi connectivity index (χ3n) is 8.34. The van der Waals surface area contributed by atoms with E-state index >= 15 is 0 Å². The smallest absolute Gasteiger partial charge is 0.298 e. The number of carbonyl (C=O) groups is 1. The van der Waals surface area contributed by atoms with Gasteiger partial charge in [0.25, 0.3) is 11.9 Å². The molecule has 2 bridgehead atoms. The Morgan fingerprint density at radius 2 is 1.74 bits per heavy atom. The average molecular weight is 471 g/mol. The zero-order valence-electron chi connectivity index (χ0n) is 18.9. The van der Waals surface area contributed by atoms with E-state index in [9.17, 15) is 13.6 Å². The molecule has 2 aromatic rings. The molecular weight excluding hydrogens is 442 g/mol. The van der Waals surface area contributed by atoms with Crippen LogP contribution in [0.4, 0.5) is 20.5 Å². The van der Waals surface area contributed by atoms with Crippen LogP contribution in [0.5, 0.6) is 5.75 Å². The summed E-state index contributed by atoms with van der Waals surface area (Å²) in [5.41, 5.74) is 0.204. The number of hydrogen-bond donors (Lipinski definition) is 1. The van der Waals surface area contributed by atoms with E-state index in [4.69, 9.17) is 9.15 Å². The quantitative estimate of drug-likeness (QED) is 0.659. The van der Waals surface area contributed by atoms with E-state index < -0.39 is 17.5 Å². The van der Waals surface area contributed by atoms with Crippen LogP contribution in [-0.2, 0) is 6.54 Å². The summed E-state index contributed by atoms with van der Waals surface area (Å²) < 4.78 is 41.2. The second-order valence-electron chi connectivity index (χ2n) is 10.5. The highest BCUT2D eigenvalue weighted by molar-refractivity contribution is 6.03. The maximum atomic E-state index is 14.8. The van der Waals surface area contributed by atoms with Crippen molar-refractivity contribution in [1.82, 2.24) is 9.88 Å². The van der Waals surface area contributed by atoms with Crippen molar-refractivity contribution in [1.29, 1.82) is 0 Å². The van der Waals surface area contributed by atoms with E-state index in [2.05, 4.69) is 15.2 Å². The molecule has 2 saturated heterocycles. The summed E-state index contributed by atoms with van der Waals surface area (Å²) >= 11 is 0. The Morgan fingerprint density at radius 1 is 1.06 bits per heavy atom. The van der Waals surface area contributed by atoms with Gasteiger partial charge in [-0.15, -0.1) is 0 Å².